The average molecular weight is 481 g/mol. The van der Waals surface area contributed by atoms with Gasteiger partial charge >= 0.3 is 0 Å². The number of aromatic nitrogens is 1. The fourth-order valence-electron chi connectivity index (χ4n) is 3.45. The minimum atomic E-state index is -0.959. The average Bonchev–Trinajstić information content (AvgIpc) is 2.87. The largest absolute Gasteiger partial charge is 0.378 e. The molecule has 0 aliphatic carbocycles. The van der Waals surface area contributed by atoms with Crippen LogP contribution in [0.25, 0.3) is 0 Å². The first kappa shape index (κ1) is 26.2. The Balaban J connectivity index is 1.64. The van der Waals surface area contributed by atoms with Crippen LogP contribution in [0.5, 0.6) is 0 Å². The van der Waals surface area contributed by atoms with Gasteiger partial charge in [0.25, 0.3) is 11.8 Å². The molecule has 3 N–H and O–H groups in total. The molecule has 0 saturated carbocycles. The van der Waals surface area contributed by atoms with Crippen LogP contribution in [-0.4, -0.2) is 61.6 Å². The minimum Gasteiger partial charge on any atom is -0.378 e. The van der Waals surface area contributed by atoms with Crippen LogP contribution < -0.4 is 20.9 Å². The second-order valence-electron chi connectivity index (χ2n) is 8.95. The number of ether oxygens (including phenoxy) is 1. The number of carbonyl (C=O) groups is 3. The third-order valence-corrected chi connectivity index (χ3v) is 5.58. The van der Waals surface area contributed by atoms with Gasteiger partial charge in [0.15, 0.2) is 0 Å². The molecule has 1 fully saturated rings. The highest BCUT2D eigenvalue weighted by atomic mass is 16.5. The maximum Gasteiger partial charge on any atom is 0.253 e. The number of nitrogens with one attached hydrogen (secondary N) is 3. The molecular formula is C26H34N5O4. The number of hydrogen-bond donors (Lipinski definition) is 3. The Hall–Kier alpha value is -3.46. The lowest BCUT2D eigenvalue weighted by Gasteiger charge is -2.27. The third-order valence-electron chi connectivity index (χ3n) is 5.58. The number of aryl methyl sites for hydroxylation is 1. The summed E-state index contributed by atoms with van der Waals surface area (Å²) in [6.45, 7) is 10.4. The number of benzene rings is 1. The summed E-state index contributed by atoms with van der Waals surface area (Å²) >= 11 is 0. The molecule has 1 aliphatic rings. The van der Waals surface area contributed by atoms with Gasteiger partial charge in [-0.3, -0.25) is 14.4 Å². The van der Waals surface area contributed by atoms with E-state index in [4.69, 9.17) is 4.74 Å². The van der Waals surface area contributed by atoms with Gasteiger partial charge in [-0.05, 0) is 43.5 Å². The van der Waals surface area contributed by atoms with Crippen LogP contribution >= 0.6 is 0 Å². The standard InChI is InChI=1S/C26H34N5O4/c1-18(2)10-11-27-26(34)22(17-29-24(32)20-6-4-19(3)5-7-20)30-25(33)21-8-9-23(28-16-21)31-12-14-35-15-13-31/h4-9,11,16,18,22H,10,12-15,17H2,1-3H3,(H,27,34)(H,29,32)(H,30,33)/t22-/m0/s1. The molecule has 0 unspecified atom stereocenters. The van der Waals surface area contributed by atoms with Gasteiger partial charge in [-0.2, -0.15) is 0 Å². The number of anilines is 1. The topological polar surface area (TPSA) is 113 Å². The van der Waals surface area contributed by atoms with E-state index >= 15 is 0 Å². The number of hydrogen-bond acceptors (Lipinski definition) is 6. The van der Waals surface area contributed by atoms with Crippen molar-refractivity contribution < 1.29 is 19.1 Å². The van der Waals surface area contributed by atoms with Crippen LogP contribution in [0.15, 0.2) is 42.6 Å². The molecule has 1 radical (unpaired) electrons. The predicted octanol–water partition coefficient (Wildman–Crippen LogP) is 2.08. The Bertz CT molecular complexity index is 986. The van der Waals surface area contributed by atoms with Gasteiger partial charge < -0.3 is 25.6 Å². The van der Waals surface area contributed by atoms with Gasteiger partial charge in [-0.15, -0.1) is 0 Å². The van der Waals surface area contributed by atoms with Crippen molar-refractivity contribution >= 4 is 23.5 Å². The van der Waals surface area contributed by atoms with E-state index in [0.29, 0.717) is 36.7 Å². The maximum atomic E-state index is 12.9. The van der Waals surface area contributed by atoms with E-state index in [1.54, 1.807) is 30.8 Å². The summed E-state index contributed by atoms with van der Waals surface area (Å²) in [4.78, 5) is 44.7. The third kappa shape index (κ3) is 8.06. The molecule has 9 nitrogen and oxygen atoms in total. The summed E-state index contributed by atoms with van der Waals surface area (Å²) < 4.78 is 5.36. The van der Waals surface area contributed by atoms with Crippen LogP contribution in [0.2, 0.25) is 0 Å². The lowest BCUT2D eigenvalue weighted by Crippen LogP contribution is -2.52. The zero-order valence-corrected chi connectivity index (χ0v) is 20.5. The molecule has 1 atom stereocenters. The first-order valence-corrected chi connectivity index (χ1v) is 11.9. The van der Waals surface area contributed by atoms with Gasteiger partial charge in [0.05, 0.1) is 18.8 Å². The van der Waals surface area contributed by atoms with E-state index in [2.05, 4.69) is 25.8 Å². The summed E-state index contributed by atoms with van der Waals surface area (Å²) in [6, 6.07) is 9.62. The molecule has 1 aliphatic heterocycles. The van der Waals surface area contributed by atoms with Crippen molar-refractivity contribution in [3.8, 4) is 0 Å². The molecule has 1 aromatic heterocycles. The Morgan fingerprint density at radius 1 is 1.03 bits per heavy atom. The van der Waals surface area contributed by atoms with Crippen LogP contribution in [0, 0.1) is 19.4 Å². The zero-order chi connectivity index (χ0) is 25.2. The normalized spacial score (nSPS) is 14.3. The van der Waals surface area contributed by atoms with E-state index < -0.39 is 17.9 Å². The van der Waals surface area contributed by atoms with E-state index in [0.717, 1.165) is 24.5 Å². The zero-order valence-electron chi connectivity index (χ0n) is 20.5. The Morgan fingerprint density at radius 3 is 2.34 bits per heavy atom. The number of rotatable bonds is 10. The molecule has 2 heterocycles. The molecule has 2 aromatic rings. The molecule has 0 spiro atoms. The first-order valence-electron chi connectivity index (χ1n) is 11.9. The van der Waals surface area contributed by atoms with Crippen molar-refractivity contribution in [2.24, 2.45) is 5.92 Å². The number of pyridine rings is 1. The predicted molar refractivity (Wildman–Crippen MR) is 134 cm³/mol. The molecule has 3 amide bonds. The Labute approximate surface area is 206 Å². The smallest absolute Gasteiger partial charge is 0.253 e. The molecular weight excluding hydrogens is 446 g/mol. The lowest BCUT2D eigenvalue weighted by molar-refractivity contribution is -0.122. The molecule has 187 valence electrons. The second kappa shape index (κ2) is 12.9. The Morgan fingerprint density at radius 2 is 1.71 bits per heavy atom. The monoisotopic (exact) mass is 480 g/mol. The van der Waals surface area contributed by atoms with Crippen LogP contribution in [0.4, 0.5) is 5.82 Å². The fraction of sp³-hybridized carbons (Fsp3) is 0.423. The van der Waals surface area contributed by atoms with Crippen LogP contribution in [0.1, 0.15) is 46.5 Å². The van der Waals surface area contributed by atoms with Gasteiger partial charge in [0.2, 0.25) is 5.91 Å². The van der Waals surface area contributed by atoms with Gasteiger partial charge in [-0.1, -0.05) is 31.5 Å². The van der Waals surface area contributed by atoms with Crippen LogP contribution in [-0.2, 0) is 9.53 Å². The minimum absolute atomic E-state index is 0.0565. The quantitative estimate of drug-likeness (QED) is 0.480. The summed E-state index contributed by atoms with van der Waals surface area (Å²) in [5, 5.41) is 8.20. The highest BCUT2D eigenvalue weighted by Gasteiger charge is 2.23. The number of morpholine rings is 1. The number of nitrogens with zero attached hydrogens (tertiary/aromatic N) is 2. The molecule has 9 heteroatoms. The maximum absolute atomic E-state index is 12.9. The van der Waals surface area contributed by atoms with Crippen molar-refractivity contribution in [2.75, 3.05) is 37.7 Å². The fourth-order valence-corrected chi connectivity index (χ4v) is 3.45. The molecule has 3 rings (SSSR count). The molecule has 35 heavy (non-hydrogen) atoms. The van der Waals surface area contributed by atoms with E-state index in [9.17, 15) is 14.4 Å². The number of carbonyl (C=O) groups excluding carboxylic acids is 3. The van der Waals surface area contributed by atoms with Crippen molar-refractivity contribution in [1.82, 2.24) is 20.9 Å². The SMILES string of the molecule is Cc1ccc(C(=O)NC[C@H](NC(=O)c2ccc(N3CCOCC3)nc2)C(=O)N[CH]CC(C)C)cc1. The highest BCUT2D eigenvalue weighted by molar-refractivity contribution is 5.98. The van der Waals surface area contributed by atoms with Crippen molar-refractivity contribution in [3.05, 3.63) is 65.8 Å². The summed E-state index contributed by atoms with van der Waals surface area (Å²) in [5.41, 5.74) is 1.85. The first-order chi connectivity index (χ1) is 16.8. The summed E-state index contributed by atoms with van der Waals surface area (Å²) in [5.74, 6) is -0.0195. The van der Waals surface area contributed by atoms with Crippen molar-refractivity contribution in [3.63, 3.8) is 0 Å². The highest BCUT2D eigenvalue weighted by Crippen LogP contribution is 2.13. The number of amides is 3. The second-order valence-corrected chi connectivity index (χ2v) is 8.95. The molecule has 1 aromatic carbocycles. The molecule has 0 bridgehead atoms. The van der Waals surface area contributed by atoms with Gasteiger partial charge in [0.1, 0.15) is 11.9 Å². The molecule has 1 saturated heterocycles. The van der Waals surface area contributed by atoms with E-state index in [-0.39, 0.29) is 12.5 Å². The summed E-state index contributed by atoms with van der Waals surface area (Å²) in [6.07, 6.45) is 2.18. The van der Waals surface area contributed by atoms with Crippen molar-refractivity contribution in [1.29, 1.82) is 0 Å². The Kier molecular flexibility index (Phi) is 9.60. The van der Waals surface area contributed by atoms with Gasteiger partial charge in [-0.25, -0.2) is 4.98 Å². The van der Waals surface area contributed by atoms with Crippen LogP contribution in [0.3, 0.4) is 0 Å². The van der Waals surface area contributed by atoms with E-state index in [1.807, 2.05) is 32.9 Å². The van der Waals surface area contributed by atoms with E-state index in [1.165, 1.54) is 6.20 Å². The van der Waals surface area contributed by atoms with Gasteiger partial charge in [0, 0.05) is 37.9 Å². The van der Waals surface area contributed by atoms with Crippen molar-refractivity contribution in [2.45, 2.75) is 33.2 Å². The summed E-state index contributed by atoms with van der Waals surface area (Å²) in [7, 11) is 0. The lowest BCUT2D eigenvalue weighted by atomic mass is 10.1.